The van der Waals surface area contributed by atoms with Crippen LogP contribution in [0.15, 0.2) is 45.9 Å². The van der Waals surface area contributed by atoms with Crippen molar-refractivity contribution < 1.29 is 24.4 Å². The van der Waals surface area contributed by atoms with E-state index in [1.165, 1.54) is 42.6 Å². The number of nitrogens with one attached hydrogen (secondary N) is 1. The molecule has 0 aliphatic heterocycles. The molecule has 1 amide bonds. The van der Waals surface area contributed by atoms with Crippen LogP contribution in [-0.4, -0.2) is 27.4 Å². The second-order valence-electron chi connectivity index (χ2n) is 3.69. The minimum absolute atomic E-state index is 0.0549. The summed E-state index contributed by atoms with van der Waals surface area (Å²) in [6, 6.07) is 8.27. The number of rotatable bonds is 4. The van der Waals surface area contributed by atoms with Gasteiger partial charge in [0.2, 0.25) is 0 Å². The Morgan fingerprint density at radius 3 is 2.55 bits per heavy atom. The van der Waals surface area contributed by atoms with Crippen LogP contribution in [0.1, 0.15) is 16.1 Å². The minimum Gasteiger partial charge on any atom is -0.508 e. The Kier molecular flexibility index (Phi) is 3.75. The molecule has 0 saturated heterocycles. The predicted molar refractivity (Wildman–Crippen MR) is 66.9 cm³/mol. The molecule has 102 valence electrons. The van der Waals surface area contributed by atoms with E-state index < -0.39 is 10.8 Å². The molecule has 20 heavy (non-hydrogen) atoms. The lowest BCUT2D eigenvalue weighted by atomic mass is 10.2. The second kappa shape index (κ2) is 5.65. The van der Waals surface area contributed by atoms with Crippen LogP contribution >= 0.6 is 0 Å². The molecule has 3 N–H and O–H groups in total. The van der Waals surface area contributed by atoms with Crippen LogP contribution in [0.4, 0.5) is 5.88 Å². The van der Waals surface area contributed by atoms with Crippen LogP contribution < -0.4 is 5.43 Å². The molecule has 0 radical (unpaired) electrons. The average Bonchev–Trinajstić information content (AvgIpc) is 2.88. The highest BCUT2D eigenvalue weighted by Gasteiger charge is 2.16. The van der Waals surface area contributed by atoms with E-state index in [4.69, 9.17) is 14.7 Å². The lowest BCUT2D eigenvalue weighted by Gasteiger charge is -1.99. The van der Waals surface area contributed by atoms with Gasteiger partial charge >= 0.3 is 5.88 Å². The first-order valence-electron chi connectivity index (χ1n) is 5.44. The number of carbonyl (C=O) groups is 1. The zero-order chi connectivity index (χ0) is 14.5. The monoisotopic (exact) mass is 276 g/mol. The summed E-state index contributed by atoms with van der Waals surface area (Å²) in [6.45, 7) is 0. The molecule has 8 nitrogen and oxygen atoms in total. The molecule has 1 aromatic heterocycles. The van der Waals surface area contributed by atoms with Gasteiger partial charge in [0.15, 0.2) is 5.76 Å². The van der Waals surface area contributed by atoms with Crippen molar-refractivity contribution in [1.82, 2.24) is 5.43 Å². The van der Waals surface area contributed by atoms with E-state index in [1.807, 2.05) is 0 Å². The molecular weight excluding hydrogens is 266 g/mol. The molecule has 0 fully saturated rings. The van der Waals surface area contributed by atoms with E-state index in [2.05, 4.69) is 10.5 Å². The van der Waals surface area contributed by atoms with Gasteiger partial charge in [-0.3, -0.25) is 4.79 Å². The van der Waals surface area contributed by atoms with Crippen molar-refractivity contribution >= 4 is 18.0 Å². The van der Waals surface area contributed by atoms with Crippen molar-refractivity contribution in [1.29, 1.82) is 0 Å². The van der Waals surface area contributed by atoms with Crippen molar-refractivity contribution in [2.24, 2.45) is 5.10 Å². The van der Waals surface area contributed by atoms with Gasteiger partial charge in [0.25, 0.3) is 10.8 Å². The van der Waals surface area contributed by atoms with Crippen molar-refractivity contribution in [2.45, 2.75) is 0 Å². The molecule has 2 rings (SSSR count). The number of furan rings is 1. The maximum absolute atomic E-state index is 11.6. The number of benzene rings is 1. The first kappa shape index (κ1) is 13.3. The number of hydrogen-bond donors (Lipinski definition) is 3. The summed E-state index contributed by atoms with van der Waals surface area (Å²) < 4.78 is 4.88. The Bertz CT molecular complexity index is 660. The Morgan fingerprint density at radius 1 is 1.25 bits per heavy atom. The van der Waals surface area contributed by atoms with E-state index in [1.54, 1.807) is 0 Å². The summed E-state index contributed by atoms with van der Waals surface area (Å²) in [5.41, 5.74) is 2.56. The maximum atomic E-state index is 11.6. The van der Waals surface area contributed by atoms with Crippen molar-refractivity contribution in [2.75, 3.05) is 0 Å². The van der Waals surface area contributed by atoms with E-state index in [9.17, 15) is 9.70 Å². The third kappa shape index (κ3) is 3.19. The summed E-state index contributed by atoms with van der Waals surface area (Å²) in [5.74, 6) is -0.530. The number of carbonyl (C=O) groups excluding carboxylic acids is 1. The number of hydrogen-bond acceptors (Lipinski definition) is 5. The Balaban J connectivity index is 1.97. The third-order valence-electron chi connectivity index (χ3n) is 2.29. The van der Waals surface area contributed by atoms with Gasteiger partial charge in [-0.15, -0.1) is 0 Å². The molecule has 8 heteroatoms. The van der Waals surface area contributed by atoms with E-state index in [0.29, 0.717) is 5.56 Å². The Hall–Kier alpha value is -3.16. The molecule has 1 heterocycles. The van der Waals surface area contributed by atoms with Crippen LogP contribution in [0.25, 0.3) is 0 Å². The van der Waals surface area contributed by atoms with Gasteiger partial charge in [-0.05, 0) is 30.3 Å². The zero-order valence-electron chi connectivity index (χ0n) is 10.1. The highest BCUT2D eigenvalue weighted by Crippen LogP contribution is 2.13. The molecular formula is C12H10N3O5+. The maximum Gasteiger partial charge on any atom is 0.480 e. The van der Waals surface area contributed by atoms with Crippen molar-refractivity contribution in [3.63, 3.8) is 0 Å². The van der Waals surface area contributed by atoms with Gasteiger partial charge in [-0.2, -0.15) is 5.10 Å². The minimum atomic E-state index is -0.472. The third-order valence-corrected chi connectivity index (χ3v) is 2.29. The largest absolute Gasteiger partial charge is 0.508 e. The fraction of sp³-hybridized carbons (Fsp3) is 0. The van der Waals surface area contributed by atoms with Gasteiger partial charge in [0, 0.05) is 5.56 Å². The highest BCUT2D eigenvalue weighted by molar-refractivity contribution is 5.94. The van der Waals surface area contributed by atoms with Crippen LogP contribution in [0.5, 0.6) is 5.75 Å². The standard InChI is InChI=1S/C12H9N3O5/c16-9-3-1-8(2-4-9)12(17)14-13-7-10-5-6-11(20-10)15(18)19/h1-7H,(H2-,14,16,17,18,19)/p+1/b13-7+. The van der Waals surface area contributed by atoms with Crippen LogP contribution in [-0.2, 0) is 0 Å². The predicted octanol–water partition coefficient (Wildman–Crippen LogP) is 1.55. The molecule has 0 atom stereocenters. The van der Waals surface area contributed by atoms with E-state index in [-0.39, 0.29) is 17.4 Å². The molecule has 0 aliphatic carbocycles. The van der Waals surface area contributed by atoms with Gasteiger partial charge in [-0.25, -0.2) is 10.6 Å². The Morgan fingerprint density at radius 2 is 1.95 bits per heavy atom. The summed E-state index contributed by atoms with van der Waals surface area (Å²) in [5, 5.41) is 21.3. The molecule has 0 spiro atoms. The van der Waals surface area contributed by atoms with Gasteiger partial charge < -0.3 is 9.52 Å². The summed E-state index contributed by atoms with van der Waals surface area (Å²) in [4.78, 5) is 21.7. The van der Waals surface area contributed by atoms with Crippen molar-refractivity contribution in [3.8, 4) is 5.75 Å². The molecule has 0 unspecified atom stereocenters. The number of hydrazone groups is 1. The highest BCUT2D eigenvalue weighted by atomic mass is 16.6. The molecule has 0 bridgehead atoms. The Labute approximate surface area is 112 Å². The topological polar surface area (TPSA) is 115 Å². The average molecular weight is 276 g/mol. The van der Waals surface area contributed by atoms with Crippen molar-refractivity contribution in [3.05, 3.63) is 52.6 Å². The van der Waals surface area contributed by atoms with Gasteiger partial charge in [0.05, 0.1) is 17.2 Å². The van der Waals surface area contributed by atoms with Crippen LogP contribution in [0.3, 0.4) is 0 Å². The number of phenolic OH excluding ortho intramolecular Hbond substituents is 1. The quantitative estimate of drug-likeness (QED) is 0.578. The number of amides is 1. The number of aromatic hydroxyl groups is 1. The number of nitrogens with zero attached hydrogens (tertiary/aromatic N) is 2. The fourth-order valence-corrected chi connectivity index (χ4v) is 1.35. The summed E-state index contributed by atoms with van der Waals surface area (Å²) in [7, 11) is 0. The smallest absolute Gasteiger partial charge is 0.480 e. The summed E-state index contributed by atoms with van der Waals surface area (Å²) in [6.07, 6.45) is 1.17. The first-order valence-corrected chi connectivity index (χ1v) is 5.44. The van der Waals surface area contributed by atoms with E-state index in [0.717, 1.165) is 0 Å². The lowest BCUT2D eigenvalue weighted by Crippen LogP contribution is -2.17. The lowest BCUT2D eigenvalue weighted by molar-refractivity contribution is -0.737. The SMILES string of the molecule is O=C(N/N=C/c1ccc([N+](=O)O)o1)c1ccc(O)cc1. The van der Waals surface area contributed by atoms with Gasteiger partial charge in [0.1, 0.15) is 5.75 Å². The van der Waals surface area contributed by atoms with Gasteiger partial charge in [-0.1, -0.05) is 0 Å². The first-order chi connectivity index (χ1) is 9.56. The molecule has 0 aliphatic rings. The molecule has 1 aromatic carbocycles. The fourth-order valence-electron chi connectivity index (χ4n) is 1.35. The van der Waals surface area contributed by atoms with Crippen LogP contribution in [0.2, 0.25) is 0 Å². The zero-order valence-corrected chi connectivity index (χ0v) is 10.1. The number of phenols is 1. The van der Waals surface area contributed by atoms with Crippen LogP contribution in [0, 0.1) is 4.91 Å². The molecule has 0 saturated carbocycles. The second-order valence-corrected chi connectivity index (χ2v) is 3.69. The normalized spacial score (nSPS) is 10.6. The molecule has 2 aromatic rings. The van der Waals surface area contributed by atoms with E-state index >= 15 is 0 Å². The summed E-state index contributed by atoms with van der Waals surface area (Å²) >= 11 is 0.